The molecule has 1 unspecified atom stereocenters. The third kappa shape index (κ3) is 3.22. The number of hydrogen-bond acceptors (Lipinski definition) is 4. The highest BCUT2D eigenvalue weighted by Crippen LogP contribution is 2.30. The maximum absolute atomic E-state index is 14.2. The molecule has 0 fully saturated rings. The van der Waals surface area contributed by atoms with Gasteiger partial charge in [-0.3, -0.25) is 4.99 Å². The summed E-state index contributed by atoms with van der Waals surface area (Å²) in [5.41, 5.74) is 0.870. The Bertz CT molecular complexity index is 1050. The topological polar surface area (TPSA) is 50.2 Å². The van der Waals surface area contributed by atoms with E-state index in [1.807, 2.05) is 36.4 Å². The highest BCUT2D eigenvalue weighted by molar-refractivity contribution is 9.10. The minimum absolute atomic E-state index is 0.0463. The molecule has 0 aliphatic carbocycles. The highest BCUT2D eigenvalue weighted by atomic mass is 79.9. The van der Waals surface area contributed by atoms with Gasteiger partial charge in [-0.1, -0.05) is 18.2 Å². The van der Waals surface area contributed by atoms with Gasteiger partial charge in [0.25, 0.3) is 0 Å². The Hall–Kier alpha value is -2.67. The summed E-state index contributed by atoms with van der Waals surface area (Å²) in [6.45, 7) is 0.560. The first-order valence-electron chi connectivity index (χ1n) is 7.96. The molecule has 0 spiro atoms. The third-order valence-electron chi connectivity index (χ3n) is 4.05. The summed E-state index contributed by atoms with van der Waals surface area (Å²) >= 11 is 3.08. The first-order valence-corrected chi connectivity index (χ1v) is 8.76. The standard InChI is InChI=1S/C19H13BrF2N4/c20-13-8-17(15(22)9-14(13)21)25-19-12-5-1-2-6-16(12)24-18(26-19)11-4-3-7-23-10-11/h1-9,11H,10H2,(H,24,25,26). The number of para-hydroxylation sites is 1. The largest absolute Gasteiger partial charge is 0.337 e. The Balaban J connectivity index is 1.82. The minimum Gasteiger partial charge on any atom is -0.337 e. The maximum Gasteiger partial charge on any atom is 0.149 e. The van der Waals surface area contributed by atoms with E-state index in [0.29, 0.717) is 18.2 Å². The zero-order valence-electron chi connectivity index (χ0n) is 13.5. The summed E-state index contributed by atoms with van der Waals surface area (Å²) in [4.78, 5) is 13.4. The van der Waals surface area contributed by atoms with Crippen LogP contribution in [0.4, 0.5) is 20.3 Å². The van der Waals surface area contributed by atoms with Crippen LogP contribution >= 0.6 is 15.9 Å². The number of halogens is 3. The maximum atomic E-state index is 14.2. The summed E-state index contributed by atoms with van der Waals surface area (Å²) in [6, 6.07) is 9.65. The van der Waals surface area contributed by atoms with Crippen molar-refractivity contribution in [1.29, 1.82) is 0 Å². The van der Waals surface area contributed by atoms with Crippen LogP contribution in [0.3, 0.4) is 0 Å². The lowest BCUT2D eigenvalue weighted by atomic mass is 10.1. The number of anilines is 2. The van der Waals surface area contributed by atoms with E-state index in [-0.39, 0.29) is 16.1 Å². The predicted molar refractivity (Wildman–Crippen MR) is 102 cm³/mol. The van der Waals surface area contributed by atoms with Crippen molar-refractivity contribution < 1.29 is 8.78 Å². The van der Waals surface area contributed by atoms with Crippen molar-refractivity contribution >= 4 is 44.6 Å². The second-order valence-corrected chi connectivity index (χ2v) is 6.68. The van der Waals surface area contributed by atoms with Crippen LogP contribution in [0.5, 0.6) is 0 Å². The molecule has 0 radical (unpaired) electrons. The number of nitrogens with one attached hydrogen (secondary N) is 1. The number of hydrogen-bond donors (Lipinski definition) is 1. The average molecular weight is 415 g/mol. The van der Waals surface area contributed by atoms with E-state index >= 15 is 0 Å². The quantitative estimate of drug-likeness (QED) is 0.603. The van der Waals surface area contributed by atoms with Crippen LogP contribution < -0.4 is 5.32 Å². The van der Waals surface area contributed by atoms with E-state index in [2.05, 4.69) is 36.2 Å². The Morgan fingerprint density at radius 1 is 1.08 bits per heavy atom. The van der Waals surface area contributed by atoms with Gasteiger partial charge in [0.05, 0.1) is 28.1 Å². The highest BCUT2D eigenvalue weighted by Gasteiger charge is 2.17. The smallest absolute Gasteiger partial charge is 0.149 e. The molecule has 4 nitrogen and oxygen atoms in total. The van der Waals surface area contributed by atoms with Crippen molar-refractivity contribution in [2.75, 3.05) is 11.9 Å². The van der Waals surface area contributed by atoms with Gasteiger partial charge in [0, 0.05) is 17.7 Å². The zero-order valence-corrected chi connectivity index (χ0v) is 15.0. The molecule has 7 heteroatoms. The number of dihydropyridines is 1. The third-order valence-corrected chi connectivity index (χ3v) is 4.66. The molecule has 2 heterocycles. The number of aromatic nitrogens is 2. The van der Waals surface area contributed by atoms with E-state index in [0.717, 1.165) is 17.0 Å². The molecule has 3 aromatic rings. The lowest BCUT2D eigenvalue weighted by molar-refractivity contribution is 0.581. The summed E-state index contributed by atoms with van der Waals surface area (Å²) in [5, 5.41) is 3.73. The Labute approximate surface area is 156 Å². The number of benzene rings is 2. The van der Waals surface area contributed by atoms with E-state index in [1.54, 1.807) is 6.21 Å². The van der Waals surface area contributed by atoms with Gasteiger partial charge in [0.1, 0.15) is 23.3 Å². The molecular formula is C19H13BrF2N4. The molecular weight excluding hydrogens is 402 g/mol. The van der Waals surface area contributed by atoms with Crippen molar-refractivity contribution in [3.05, 3.63) is 70.5 Å². The molecule has 1 aliphatic heterocycles. The number of rotatable bonds is 3. The summed E-state index contributed by atoms with van der Waals surface area (Å²) in [6.07, 6.45) is 5.58. The minimum atomic E-state index is -0.697. The van der Waals surface area contributed by atoms with Crippen molar-refractivity contribution in [2.45, 2.75) is 5.92 Å². The van der Waals surface area contributed by atoms with Gasteiger partial charge in [0.15, 0.2) is 0 Å². The van der Waals surface area contributed by atoms with Crippen LogP contribution in [-0.2, 0) is 0 Å². The van der Waals surface area contributed by atoms with Crippen LogP contribution in [0.15, 0.2) is 58.0 Å². The predicted octanol–water partition coefficient (Wildman–Crippen LogP) is 5.14. The van der Waals surface area contributed by atoms with Gasteiger partial charge in [0.2, 0.25) is 0 Å². The summed E-state index contributed by atoms with van der Waals surface area (Å²) in [5.74, 6) is -0.342. The molecule has 26 heavy (non-hydrogen) atoms. The lowest BCUT2D eigenvalue weighted by Gasteiger charge is -2.15. The second kappa shape index (κ2) is 6.92. The molecule has 0 saturated carbocycles. The van der Waals surface area contributed by atoms with E-state index < -0.39 is 11.6 Å². The van der Waals surface area contributed by atoms with Gasteiger partial charge in [-0.15, -0.1) is 0 Å². The van der Waals surface area contributed by atoms with E-state index in [4.69, 9.17) is 0 Å². The molecule has 1 aliphatic rings. The van der Waals surface area contributed by atoms with Gasteiger partial charge in [-0.2, -0.15) is 0 Å². The number of fused-ring (bicyclic) bond motifs is 1. The number of allylic oxidation sites excluding steroid dienone is 1. The van der Waals surface area contributed by atoms with Crippen molar-refractivity contribution in [1.82, 2.24) is 9.97 Å². The molecule has 4 rings (SSSR count). The molecule has 0 amide bonds. The van der Waals surface area contributed by atoms with Crippen LogP contribution in [0.1, 0.15) is 11.7 Å². The fraction of sp³-hybridized carbons (Fsp3) is 0.105. The van der Waals surface area contributed by atoms with E-state index in [9.17, 15) is 8.78 Å². The van der Waals surface area contributed by atoms with Crippen molar-refractivity contribution in [2.24, 2.45) is 4.99 Å². The van der Waals surface area contributed by atoms with Crippen LogP contribution in [0, 0.1) is 11.6 Å². The number of nitrogens with zero attached hydrogens (tertiary/aromatic N) is 3. The Morgan fingerprint density at radius 2 is 1.92 bits per heavy atom. The van der Waals surface area contributed by atoms with Gasteiger partial charge in [-0.05, 0) is 40.2 Å². The fourth-order valence-electron chi connectivity index (χ4n) is 2.75. The average Bonchev–Trinajstić information content (AvgIpc) is 2.66. The molecule has 1 aromatic heterocycles. The summed E-state index contributed by atoms with van der Waals surface area (Å²) in [7, 11) is 0. The summed E-state index contributed by atoms with van der Waals surface area (Å²) < 4.78 is 27.8. The zero-order chi connectivity index (χ0) is 18.1. The normalized spacial score (nSPS) is 16.2. The van der Waals surface area contributed by atoms with Crippen molar-refractivity contribution in [3.8, 4) is 0 Å². The van der Waals surface area contributed by atoms with Crippen LogP contribution in [0.25, 0.3) is 10.9 Å². The van der Waals surface area contributed by atoms with Gasteiger partial charge in [-0.25, -0.2) is 18.7 Å². The number of aliphatic imine (C=N–C) groups is 1. The Morgan fingerprint density at radius 3 is 2.73 bits per heavy atom. The van der Waals surface area contributed by atoms with Crippen LogP contribution in [0.2, 0.25) is 0 Å². The first kappa shape index (κ1) is 16.8. The molecule has 1 atom stereocenters. The van der Waals surface area contributed by atoms with Crippen LogP contribution in [-0.4, -0.2) is 22.7 Å². The van der Waals surface area contributed by atoms with E-state index in [1.165, 1.54) is 6.07 Å². The lowest BCUT2D eigenvalue weighted by Crippen LogP contribution is -2.10. The first-order chi connectivity index (χ1) is 12.6. The van der Waals surface area contributed by atoms with Crippen molar-refractivity contribution in [3.63, 3.8) is 0 Å². The SMILES string of the molecule is Fc1cc(F)c(Nc2nc(C3C=CC=NC3)nc3ccccc23)cc1Br. The second-order valence-electron chi connectivity index (χ2n) is 5.82. The monoisotopic (exact) mass is 414 g/mol. The molecule has 130 valence electrons. The molecule has 0 bridgehead atoms. The molecule has 0 saturated heterocycles. The molecule has 2 aromatic carbocycles. The fourth-order valence-corrected chi connectivity index (χ4v) is 3.09. The molecule has 1 N–H and O–H groups in total. The van der Waals surface area contributed by atoms with Gasteiger partial charge < -0.3 is 5.32 Å². The van der Waals surface area contributed by atoms with Gasteiger partial charge >= 0.3 is 0 Å². The Kier molecular flexibility index (Phi) is 4.46.